The summed E-state index contributed by atoms with van der Waals surface area (Å²) in [5.41, 5.74) is 0. The molecule has 0 bridgehead atoms. The van der Waals surface area contributed by atoms with Crippen molar-refractivity contribution in [3.8, 4) is 0 Å². The minimum atomic E-state index is -4.04. The van der Waals surface area contributed by atoms with Crippen LogP contribution in [0, 0.1) is 0 Å². The molecule has 13 heavy (non-hydrogen) atoms. The van der Waals surface area contributed by atoms with E-state index in [1.54, 1.807) is 7.05 Å². The van der Waals surface area contributed by atoms with E-state index in [9.17, 15) is 13.2 Å². The van der Waals surface area contributed by atoms with Crippen LogP contribution in [0.2, 0.25) is 0 Å². The van der Waals surface area contributed by atoms with E-state index in [2.05, 4.69) is 0 Å². The lowest BCUT2D eigenvalue weighted by Crippen LogP contribution is -2.31. The Kier molecular flexibility index (Phi) is 5.72. The van der Waals surface area contributed by atoms with Crippen LogP contribution < -0.4 is 0 Å². The maximum absolute atomic E-state index is 11.7. The minimum Gasteiger partial charge on any atom is -0.303 e. The second kappa shape index (κ2) is 5.70. The molecule has 0 saturated heterocycles. The largest absolute Gasteiger partial charge is 0.389 e. The van der Waals surface area contributed by atoms with Crippen molar-refractivity contribution in [1.29, 1.82) is 0 Å². The fourth-order valence-electron chi connectivity index (χ4n) is 0.867. The standard InChI is InChI=1S/C8H15ClF3N/c1-7(6-9)13(2)5-3-4-8(10,11)12/h7H,3-6H2,1-2H3. The highest BCUT2D eigenvalue weighted by atomic mass is 35.5. The van der Waals surface area contributed by atoms with Crippen LogP contribution in [-0.2, 0) is 0 Å². The number of rotatable bonds is 5. The van der Waals surface area contributed by atoms with Gasteiger partial charge in [0.05, 0.1) is 0 Å². The zero-order chi connectivity index (χ0) is 10.5. The normalized spacial score (nSPS) is 15.0. The van der Waals surface area contributed by atoms with Gasteiger partial charge in [0.2, 0.25) is 0 Å². The average molecular weight is 218 g/mol. The van der Waals surface area contributed by atoms with Crippen molar-refractivity contribution in [2.45, 2.75) is 32.0 Å². The maximum atomic E-state index is 11.7. The Morgan fingerprint density at radius 2 is 1.92 bits per heavy atom. The van der Waals surface area contributed by atoms with Crippen molar-refractivity contribution in [1.82, 2.24) is 4.90 Å². The second-order valence-corrected chi connectivity index (χ2v) is 3.51. The van der Waals surface area contributed by atoms with E-state index in [0.29, 0.717) is 12.4 Å². The van der Waals surface area contributed by atoms with Crippen LogP contribution in [0.4, 0.5) is 13.2 Å². The summed E-state index contributed by atoms with van der Waals surface area (Å²) in [6, 6.07) is 0.134. The van der Waals surface area contributed by atoms with Gasteiger partial charge in [-0.15, -0.1) is 11.6 Å². The highest BCUT2D eigenvalue weighted by molar-refractivity contribution is 6.18. The van der Waals surface area contributed by atoms with E-state index in [1.165, 1.54) is 0 Å². The fraction of sp³-hybridized carbons (Fsp3) is 1.00. The molecule has 0 heterocycles. The summed E-state index contributed by atoms with van der Waals surface area (Å²) in [5.74, 6) is 0.447. The van der Waals surface area contributed by atoms with Crippen molar-refractivity contribution < 1.29 is 13.2 Å². The van der Waals surface area contributed by atoms with Crippen LogP contribution >= 0.6 is 11.6 Å². The van der Waals surface area contributed by atoms with Gasteiger partial charge in [0.1, 0.15) is 0 Å². The van der Waals surface area contributed by atoms with Gasteiger partial charge in [-0.2, -0.15) is 13.2 Å². The average Bonchev–Trinajstić information content (AvgIpc) is 2.00. The predicted octanol–water partition coefficient (Wildman–Crippen LogP) is 2.89. The SMILES string of the molecule is CC(CCl)N(C)CCCC(F)(F)F. The molecule has 5 heteroatoms. The molecule has 1 atom stereocenters. The summed E-state index contributed by atoms with van der Waals surface area (Å²) in [7, 11) is 1.78. The maximum Gasteiger partial charge on any atom is 0.389 e. The van der Waals surface area contributed by atoms with Gasteiger partial charge < -0.3 is 4.90 Å². The second-order valence-electron chi connectivity index (χ2n) is 3.20. The quantitative estimate of drug-likeness (QED) is 0.640. The van der Waals surface area contributed by atoms with Crippen LogP contribution in [0.25, 0.3) is 0 Å². The number of halogens is 4. The third kappa shape index (κ3) is 7.14. The molecule has 0 amide bonds. The molecule has 0 aliphatic rings. The van der Waals surface area contributed by atoms with E-state index in [0.717, 1.165) is 0 Å². The van der Waals surface area contributed by atoms with Gasteiger partial charge in [0.25, 0.3) is 0 Å². The Hall–Kier alpha value is 0.0400. The number of nitrogens with zero attached hydrogens (tertiary/aromatic N) is 1. The van der Waals surface area contributed by atoms with Crippen LogP contribution in [0.3, 0.4) is 0 Å². The van der Waals surface area contributed by atoms with Crippen molar-refractivity contribution in [2.75, 3.05) is 19.5 Å². The first kappa shape index (κ1) is 13.0. The van der Waals surface area contributed by atoms with Gasteiger partial charge >= 0.3 is 6.18 Å². The van der Waals surface area contributed by atoms with E-state index in [4.69, 9.17) is 11.6 Å². The Balaban J connectivity index is 3.53. The Morgan fingerprint density at radius 1 is 1.38 bits per heavy atom. The number of hydrogen-bond acceptors (Lipinski definition) is 1. The van der Waals surface area contributed by atoms with Gasteiger partial charge in [-0.05, 0) is 26.9 Å². The molecule has 1 unspecified atom stereocenters. The molecule has 0 aliphatic heterocycles. The summed E-state index contributed by atoms with van der Waals surface area (Å²) in [4.78, 5) is 1.83. The zero-order valence-electron chi connectivity index (χ0n) is 7.86. The fourth-order valence-corrected chi connectivity index (χ4v) is 1.10. The summed E-state index contributed by atoms with van der Waals surface area (Å²) in [6.45, 7) is 2.33. The lowest BCUT2D eigenvalue weighted by Gasteiger charge is -2.22. The highest BCUT2D eigenvalue weighted by Crippen LogP contribution is 2.21. The topological polar surface area (TPSA) is 3.24 Å². The van der Waals surface area contributed by atoms with Crippen molar-refractivity contribution in [3.05, 3.63) is 0 Å². The Morgan fingerprint density at radius 3 is 2.31 bits per heavy atom. The van der Waals surface area contributed by atoms with E-state index in [-0.39, 0.29) is 12.5 Å². The summed E-state index contributed by atoms with van der Waals surface area (Å²) in [5, 5.41) is 0. The first-order valence-electron chi connectivity index (χ1n) is 4.20. The zero-order valence-corrected chi connectivity index (χ0v) is 8.62. The molecule has 0 N–H and O–H groups in total. The highest BCUT2D eigenvalue weighted by Gasteiger charge is 2.26. The summed E-state index contributed by atoms with van der Waals surface area (Å²) >= 11 is 5.55. The lowest BCUT2D eigenvalue weighted by atomic mass is 10.2. The lowest BCUT2D eigenvalue weighted by molar-refractivity contribution is -0.136. The third-order valence-corrected chi connectivity index (χ3v) is 2.39. The molecule has 80 valence electrons. The first-order valence-corrected chi connectivity index (χ1v) is 4.73. The van der Waals surface area contributed by atoms with Gasteiger partial charge in [0, 0.05) is 18.3 Å². The van der Waals surface area contributed by atoms with Crippen LogP contribution in [0.15, 0.2) is 0 Å². The van der Waals surface area contributed by atoms with Gasteiger partial charge in [-0.1, -0.05) is 0 Å². The first-order chi connectivity index (χ1) is 5.87. The Bertz CT molecular complexity index is 138. The third-order valence-electron chi connectivity index (χ3n) is 1.95. The van der Waals surface area contributed by atoms with E-state index >= 15 is 0 Å². The van der Waals surface area contributed by atoms with Crippen molar-refractivity contribution in [3.63, 3.8) is 0 Å². The Labute approximate surface area is 81.9 Å². The molecule has 0 fully saturated rings. The molecular formula is C8H15ClF3N. The van der Waals surface area contributed by atoms with Crippen LogP contribution in [-0.4, -0.2) is 36.6 Å². The monoisotopic (exact) mass is 217 g/mol. The molecule has 1 nitrogen and oxygen atoms in total. The molecule has 0 aromatic carbocycles. The summed E-state index contributed by atoms with van der Waals surface area (Å²) < 4.78 is 35.2. The molecular weight excluding hydrogens is 203 g/mol. The molecule has 0 aromatic heterocycles. The van der Waals surface area contributed by atoms with E-state index < -0.39 is 12.6 Å². The van der Waals surface area contributed by atoms with Crippen molar-refractivity contribution >= 4 is 11.6 Å². The molecule has 0 aromatic rings. The molecule has 0 spiro atoms. The van der Waals surface area contributed by atoms with Gasteiger partial charge in [-0.25, -0.2) is 0 Å². The van der Waals surface area contributed by atoms with Gasteiger partial charge in [0.15, 0.2) is 0 Å². The number of alkyl halides is 4. The predicted molar refractivity (Wildman–Crippen MR) is 48.1 cm³/mol. The minimum absolute atomic E-state index is 0.134. The smallest absolute Gasteiger partial charge is 0.303 e. The van der Waals surface area contributed by atoms with Gasteiger partial charge in [-0.3, -0.25) is 0 Å². The van der Waals surface area contributed by atoms with Crippen LogP contribution in [0.1, 0.15) is 19.8 Å². The number of hydrogen-bond donors (Lipinski definition) is 0. The molecule has 0 saturated carbocycles. The molecule has 0 aliphatic carbocycles. The molecule has 0 radical (unpaired) electrons. The molecule has 0 rings (SSSR count). The van der Waals surface area contributed by atoms with E-state index in [1.807, 2.05) is 11.8 Å². The van der Waals surface area contributed by atoms with Crippen molar-refractivity contribution in [2.24, 2.45) is 0 Å². The summed E-state index contributed by atoms with van der Waals surface area (Å²) in [6.07, 6.45) is -4.61. The van der Waals surface area contributed by atoms with Crippen LogP contribution in [0.5, 0.6) is 0 Å².